The number of hydrogen-bond donors (Lipinski definition) is 0. The van der Waals surface area contributed by atoms with Gasteiger partial charge in [-0.3, -0.25) is 4.68 Å². The molecule has 2 aromatic rings. The average molecular weight is 282 g/mol. The Morgan fingerprint density at radius 2 is 2.26 bits per heavy atom. The fourth-order valence-electron chi connectivity index (χ4n) is 1.96. The molecule has 19 heavy (non-hydrogen) atoms. The smallest absolute Gasteiger partial charge is 0.354 e. The quantitative estimate of drug-likeness (QED) is 0.809. The van der Waals surface area contributed by atoms with Crippen LogP contribution in [0.3, 0.4) is 0 Å². The molecule has 6 heteroatoms. The first-order valence-electron chi connectivity index (χ1n) is 6.04. The van der Waals surface area contributed by atoms with Crippen LogP contribution in [0.15, 0.2) is 18.3 Å². The number of rotatable bonds is 4. The van der Waals surface area contributed by atoms with Gasteiger partial charge in [0.1, 0.15) is 5.69 Å². The van der Waals surface area contributed by atoms with Crippen LogP contribution in [-0.2, 0) is 18.3 Å². The fourth-order valence-corrected chi connectivity index (χ4v) is 2.18. The van der Waals surface area contributed by atoms with Gasteiger partial charge in [-0.15, -0.1) is 0 Å². The number of halogens is 1. The molecule has 0 atom stereocenters. The number of ether oxygens (including phenoxy) is 1. The Morgan fingerprint density at radius 1 is 1.53 bits per heavy atom. The summed E-state index contributed by atoms with van der Waals surface area (Å²) in [4.78, 5) is 11.8. The van der Waals surface area contributed by atoms with Crippen molar-refractivity contribution in [2.24, 2.45) is 7.05 Å². The van der Waals surface area contributed by atoms with Crippen molar-refractivity contribution >= 4 is 17.6 Å². The second kappa shape index (κ2) is 5.48. The van der Waals surface area contributed by atoms with E-state index in [0.717, 1.165) is 11.4 Å². The fraction of sp³-hybridized carbons (Fsp3) is 0.385. The summed E-state index contributed by atoms with van der Waals surface area (Å²) in [5.74, 6) is -0.331. The molecule has 0 aliphatic rings. The molecule has 0 unspecified atom stereocenters. The van der Waals surface area contributed by atoms with Crippen molar-refractivity contribution in [3.8, 4) is 0 Å². The first-order chi connectivity index (χ1) is 9.04. The molecule has 0 aliphatic heterocycles. The van der Waals surface area contributed by atoms with Crippen molar-refractivity contribution in [3.05, 3.63) is 40.4 Å². The first kappa shape index (κ1) is 13.7. The molecule has 2 heterocycles. The van der Waals surface area contributed by atoms with Gasteiger partial charge in [0.25, 0.3) is 0 Å². The highest BCUT2D eigenvalue weighted by molar-refractivity contribution is 6.31. The van der Waals surface area contributed by atoms with E-state index >= 15 is 0 Å². The van der Waals surface area contributed by atoms with Crippen molar-refractivity contribution in [3.63, 3.8) is 0 Å². The van der Waals surface area contributed by atoms with E-state index < -0.39 is 0 Å². The van der Waals surface area contributed by atoms with Gasteiger partial charge in [0, 0.05) is 13.2 Å². The van der Waals surface area contributed by atoms with E-state index in [0.29, 0.717) is 23.9 Å². The van der Waals surface area contributed by atoms with Crippen LogP contribution in [0.4, 0.5) is 0 Å². The maximum Gasteiger partial charge on any atom is 0.354 e. The molecule has 2 rings (SSSR count). The number of hydrogen-bond acceptors (Lipinski definition) is 3. The molecule has 0 spiro atoms. The second-order valence-corrected chi connectivity index (χ2v) is 4.59. The SMILES string of the molecule is CCOC(=O)c1cccn1Cc1c(Cl)c(C)nn1C. The summed E-state index contributed by atoms with van der Waals surface area (Å²) in [6.07, 6.45) is 1.82. The molecule has 102 valence electrons. The maximum absolute atomic E-state index is 11.8. The van der Waals surface area contributed by atoms with Gasteiger partial charge in [-0.05, 0) is 26.0 Å². The van der Waals surface area contributed by atoms with Gasteiger partial charge in [-0.2, -0.15) is 5.10 Å². The first-order valence-corrected chi connectivity index (χ1v) is 6.42. The number of carbonyl (C=O) groups is 1. The van der Waals surface area contributed by atoms with Gasteiger partial charge >= 0.3 is 5.97 Å². The van der Waals surface area contributed by atoms with Gasteiger partial charge < -0.3 is 9.30 Å². The van der Waals surface area contributed by atoms with Crippen LogP contribution >= 0.6 is 11.6 Å². The van der Waals surface area contributed by atoms with E-state index in [1.54, 1.807) is 22.2 Å². The third-order valence-electron chi connectivity index (χ3n) is 2.90. The number of esters is 1. The van der Waals surface area contributed by atoms with Gasteiger partial charge in [0.05, 0.1) is 29.6 Å². The standard InChI is InChI=1S/C13H16ClN3O2/c1-4-19-13(18)10-6-5-7-17(10)8-11-12(14)9(2)15-16(11)3/h5-7H,4,8H2,1-3H3. The van der Waals surface area contributed by atoms with Gasteiger partial charge in [-0.25, -0.2) is 4.79 Å². The minimum atomic E-state index is -0.331. The van der Waals surface area contributed by atoms with Crippen LogP contribution in [0.5, 0.6) is 0 Å². The largest absolute Gasteiger partial charge is 0.461 e. The van der Waals surface area contributed by atoms with Crippen molar-refractivity contribution < 1.29 is 9.53 Å². The molecule has 0 amide bonds. The van der Waals surface area contributed by atoms with Crippen molar-refractivity contribution in [2.45, 2.75) is 20.4 Å². The Hall–Kier alpha value is -1.75. The third-order valence-corrected chi connectivity index (χ3v) is 3.39. The van der Waals surface area contributed by atoms with E-state index in [-0.39, 0.29) is 5.97 Å². The summed E-state index contributed by atoms with van der Waals surface area (Å²) in [7, 11) is 1.84. The Bertz CT molecular complexity index is 601. The lowest BCUT2D eigenvalue weighted by atomic mass is 10.3. The molecular weight excluding hydrogens is 266 g/mol. The van der Waals surface area contributed by atoms with Crippen LogP contribution < -0.4 is 0 Å². The number of nitrogens with zero attached hydrogens (tertiary/aromatic N) is 3. The Balaban J connectivity index is 2.29. The van der Waals surface area contributed by atoms with Crippen LogP contribution in [0.25, 0.3) is 0 Å². The highest BCUT2D eigenvalue weighted by Gasteiger charge is 2.16. The molecule has 0 N–H and O–H groups in total. The highest BCUT2D eigenvalue weighted by Crippen LogP contribution is 2.21. The van der Waals surface area contributed by atoms with Crippen molar-refractivity contribution in [1.82, 2.24) is 14.3 Å². The van der Waals surface area contributed by atoms with Crippen LogP contribution in [-0.4, -0.2) is 26.9 Å². The summed E-state index contributed by atoms with van der Waals surface area (Å²) in [6.45, 7) is 4.48. The molecule has 5 nitrogen and oxygen atoms in total. The lowest BCUT2D eigenvalue weighted by Crippen LogP contribution is -2.14. The Labute approximate surface area is 116 Å². The number of aryl methyl sites for hydroxylation is 2. The molecule has 0 saturated heterocycles. The number of carbonyl (C=O) groups excluding carboxylic acids is 1. The van der Waals surface area contributed by atoms with Crippen LogP contribution in [0.1, 0.15) is 28.8 Å². The van der Waals surface area contributed by atoms with Gasteiger partial charge in [0.15, 0.2) is 0 Å². The van der Waals surface area contributed by atoms with E-state index in [4.69, 9.17) is 16.3 Å². The zero-order valence-electron chi connectivity index (χ0n) is 11.2. The topological polar surface area (TPSA) is 49.1 Å². The third kappa shape index (κ3) is 2.66. The second-order valence-electron chi connectivity index (χ2n) is 4.21. The summed E-state index contributed by atoms with van der Waals surface area (Å²) >= 11 is 6.21. The minimum absolute atomic E-state index is 0.331. The summed E-state index contributed by atoms with van der Waals surface area (Å²) in [5.41, 5.74) is 2.15. The zero-order valence-corrected chi connectivity index (χ0v) is 11.9. The monoisotopic (exact) mass is 281 g/mol. The Kier molecular flexibility index (Phi) is 3.95. The lowest BCUT2D eigenvalue weighted by Gasteiger charge is -2.09. The van der Waals surface area contributed by atoms with Crippen molar-refractivity contribution in [1.29, 1.82) is 0 Å². The van der Waals surface area contributed by atoms with E-state index in [9.17, 15) is 4.79 Å². The van der Waals surface area contributed by atoms with Crippen molar-refractivity contribution in [2.75, 3.05) is 6.61 Å². The predicted octanol–water partition coefficient (Wildman–Crippen LogP) is 2.41. The van der Waals surface area contributed by atoms with Gasteiger partial charge in [-0.1, -0.05) is 11.6 Å². The van der Waals surface area contributed by atoms with E-state index in [1.165, 1.54) is 0 Å². The summed E-state index contributed by atoms with van der Waals surface area (Å²) < 4.78 is 8.55. The zero-order chi connectivity index (χ0) is 14.0. The molecule has 0 aliphatic carbocycles. The normalized spacial score (nSPS) is 10.7. The molecule has 0 bridgehead atoms. The summed E-state index contributed by atoms with van der Waals surface area (Å²) in [6, 6.07) is 3.54. The average Bonchev–Trinajstić information content (AvgIpc) is 2.91. The molecule has 0 radical (unpaired) electrons. The highest BCUT2D eigenvalue weighted by atomic mass is 35.5. The molecule has 0 saturated carbocycles. The van der Waals surface area contributed by atoms with Crippen LogP contribution in [0.2, 0.25) is 5.02 Å². The predicted molar refractivity (Wildman–Crippen MR) is 72.4 cm³/mol. The van der Waals surface area contributed by atoms with Gasteiger partial charge in [0.2, 0.25) is 0 Å². The van der Waals surface area contributed by atoms with Crippen LogP contribution in [0, 0.1) is 6.92 Å². The molecule has 0 fully saturated rings. The van der Waals surface area contributed by atoms with E-state index in [1.807, 2.05) is 26.2 Å². The molecular formula is C13H16ClN3O2. The van der Waals surface area contributed by atoms with E-state index in [2.05, 4.69) is 5.10 Å². The molecule has 2 aromatic heterocycles. The Morgan fingerprint density at radius 3 is 2.84 bits per heavy atom. The minimum Gasteiger partial charge on any atom is -0.461 e. The molecule has 0 aromatic carbocycles. The maximum atomic E-state index is 11.8. The summed E-state index contributed by atoms with van der Waals surface area (Å²) in [5, 5.41) is 4.89. The number of aromatic nitrogens is 3. The lowest BCUT2D eigenvalue weighted by molar-refractivity contribution is 0.0514.